The SMILES string of the molecule is O/N=C1/c2ccccc2COc2ccc(OCc3ccc4ccccc4n3)cc21. The second kappa shape index (κ2) is 7.28. The van der Waals surface area contributed by atoms with E-state index in [1.54, 1.807) is 0 Å². The number of para-hydroxylation sites is 1. The zero-order valence-corrected chi connectivity index (χ0v) is 15.6. The van der Waals surface area contributed by atoms with Gasteiger partial charge in [-0.3, -0.25) is 0 Å². The maximum atomic E-state index is 9.69. The summed E-state index contributed by atoms with van der Waals surface area (Å²) in [7, 11) is 0. The summed E-state index contributed by atoms with van der Waals surface area (Å²) in [5.41, 5.74) is 4.77. The summed E-state index contributed by atoms with van der Waals surface area (Å²) in [6.45, 7) is 0.760. The number of rotatable bonds is 3. The van der Waals surface area contributed by atoms with Gasteiger partial charge in [0.05, 0.1) is 11.2 Å². The quantitative estimate of drug-likeness (QED) is 0.403. The van der Waals surface area contributed by atoms with Crippen molar-refractivity contribution in [3.8, 4) is 11.5 Å². The van der Waals surface area contributed by atoms with Crippen molar-refractivity contribution in [1.82, 2.24) is 4.98 Å². The number of benzene rings is 3. The van der Waals surface area contributed by atoms with Crippen molar-refractivity contribution in [2.45, 2.75) is 13.2 Å². The van der Waals surface area contributed by atoms with Crippen LogP contribution in [0.1, 0.15) is 22.4 Å². The summed E-state index contributed by atoms with van der Waals surface area (Å²) in [6.07, 6.45) is 0. The van der Waals surface area contributed by atoms with Crippen molar-refractivity contribution >= 4 is 16.6 Å². The van der Waals surface area contributed by atoms with Crippen LogP contribution >= 0.6 is 0 Å². The molecule has 0 bridgehead atoms. The Hall–Kier alpha value is -3.86. The van der Waals surface area contributed by atoms with Crippen LogP contribution in [-0.2, 0) is 13.2 Å². The molecule has 0 spiro atoms. The predicted molar refractivity (Wildman–Crippen MR) is 111 cm³/mol. The van der Waals surface area contributed by atoms with Crippen LogP contribution in [-0.4, -0.2) is 15.9 Å². The molecule has 0 fully saturated rings. The van der Waals surface area contributed by atoms with Crippen LogP contribution < -0.4 is 9.47 Å². The standard InChI is InChI=1S/C24H18N2O3/c27-26-24-20-7-3-1-6-17(20)14-29-23-12-11-19(13-21(23)24)28-15-18-10-9-16-5-2-4-8-22(16)25-18/h1-13,27H,14-15H2/b26-24-. The van der Waals surface area contributed by atoms with Gasteiger partial charge in [-0.1, -0.05) is 53.7 Å². The average molecular weight is 382 g/mol. The molecular weight excluding hydrogens is 364 g/mol. The van der Waals surface area contributed by atoms with Crippen molar-refractivity contribution in [1.29, 1.82) is 0 Å². The van der Waals surface area contributed by atoms with Gasteiger partial charge in [-0.15, -0.1) is 0 Å². The van der Waals surface area contributed by atoms with Crippen molar-refractivity contribution in [2.75, 3.05) is 0 Å². The smallest absolute Gasteiger partial charge is 0.130 e. The number of oxime groups is 1. The van der Waals surface area contributed by atoms with Gasteiger partial charge in [0.2, 0.25) is 0 Å². The summed E-state index contributed by atoms with van der Waals surface area (Å²) in [6, 6.07) is 25.3. The highest BCUT2D eigenvalue weighted by molar-refractivity contribution is 6.15. The lowest BCUT2D eigenvalue weighted by Crippen LogP contribution is -2.05. The molecule has 1 aromatic heterocycles. The monoisotopic (exact) mass is 382 g/mol. The van der Waals surface area contributed by atoms with Crippen molar-refractivity contribution in [3.63, 3.8) is 0 Å². The Labute approximate surface area is 167 Å². The first-order valence-electron chi connectivity index (χ1n) is 9.37. The molecule has 5 rings (SSSR count). The fraction of sp³-hybridized carbons (Fsp3) is 0.0833. The van der Waals surface area contributed by atoms with Gasteiger partial charge in [0, 0.05) is 16.5 Å². The summed E-state index contributed by atoms with van der Waals surface area (Å²) >= 11 is 0. The summed E-state index contributed by atoms with van der Waals surface area (Å²) in [5.74, 6) is 1.31. The van der Waals surface area contributed by atoms with Crippen LogP contribution in [0.5, 0.6) is 11.5 Å². The van der Waals surface area contributed by atoms with Gasteiger partial charge < -0.3 is 14.7 Å². The Bertz CT molecular complexity index is 1230. The molecule has 0 amide bonds. The normalized spacial score (nSPS) is 14.0. The third-order valence-corrected chi connectivity index (χ3v) is 5.00. The lowest BCUT2D eigenvalue weighted by atomic mass is 9.98. The molecular formula is C24H18N2O3. The average Bonchev–Trinajstić information content (AvgIpc) is 2.93. The van der Waals surface area contributed by atoms with Gasteiger partial charge in [-0.05, 0) is 35.9 Å². The van der Waals surface area contributed by atoms with E-state index in [4.69, 9.17) is 9.47 Å². The fourth-order valence-corrected chi connectivity index (χ4v) is 3.54. The van der Waals surface area contributed by atoms with Gasteiger partial charge in [-0.2, -0.15) is 0 Å². The first-order chi connectivity index (χ1) is 14.3. The molecule has 0 unspecified atom stereocenters. The maximum Gasteiger partial charge on any atom is 0.130 e. The third-order valence-electron chi connectivity index (χ3n) is 5.00. The first-order valence-corrected chi connectivity index (χ1v) is 9.37. The zero-order valence-electron chi connectivity index (χ0n) is 15.6. The Kier molecular flexibility index (Phi) is 4.33. The molecule has 4 aromatic rings. The molecule has 0 saturated carbocycles. The number of ether oxygens (including phenoxy) is 2. The van der Waals surface area contributed by atoms with Crippen LogP contribution in [0.4, 0.5) is 0 Å². The van der Waals surface area contributed by atoms with Crippen molar-refractivity contribution < 1.29 is 14.7 Å². The van der Waals surface area contributed by atoms with Crippen molar-refractivity contribution in [3.05, 3.63) is 101 Å². The van der Waals surface area contributed by atoms with Crippen LogP contribution in [0.25, 0.3) is 10.9 Å². The Morgan fingerprint density at radius 1 is 0.931 bits per heavy atom. The molecule has 0 atom stereocenters. The van der Waals surface area contributed by atoms with E-state index in [1.807, 2.05) is 78.9 Å². The second-order valence-electron chi connectivity index (χ2n) is 6.84. The second-order valence-corrected chi connectivity index (χ2v) is 6.84. The van der Waals surface area contributed by atoms with Gasteiger partial charge in [0.15, 0.2) is 0 Å². The molecule has 0 saturated heterocycles. The topological polar surface area (TPSA) is 63.9 Å². The highest BCUT2D eigenvalue weighted by atomic mass is 16.5. The van der Waals surface area contributed by atoms with Gasteiger partial charge >= 0.3 is 0 Å². The van der Waals surface area contributed by atoms with E-state index in [9.17, 15) is 5.21 Å². The third kappa shape index (κ3) is 3.27. The van der Waals surface area contributed by atoms with Gasteiger partial charge in [0.1, 0.15) is 30.4 Å². The summed E-state index contributed by atoms with van der Waals surface area (Å²) < 4.78 is 11.9. The highest BCUT2D eigenvalue weighted by Crippen LogP contribution is 2.32. The number of hydrogen-bond acceptors (Lipinski definition) is 5. The minimum absolute atomic E-state index is 0.340. The molecule has 5 heteroatoms. The number of nitrogens with zero attached hydrogens (tertiary/aromatic N) is 2. The van der Waals surface area contributed by atoms with E-state index in [0.717, 1.165) is 27.7 Å². The van der Waals surface area contributed by atoms with Gasteiger partial charge in [0.25, 0.3) is 0 Å². The summed E-state index contributed by atoms with van der Waals surface area (Å²) in [5, 5.41) is 14.3. The molecule has 0 aliphatic carbocycles. The lowest BCUT2D eigenvalue weighted by Gasteiger charge is -2.11. The molecule has 5 nitrogen and oxygen atoms in total. The molecule has 3 aromatic carbocycles. The first kappa shape index (κ1) is 17.3. The molecule has 2 heterocycles. The van der Waals surface area contributed by atoms with Crippen LogP contribution in [0.15, 0.2) is 84.0 Å². The number of hydrogen-bond donors (Lipinski definition) is 1. The van der Waals surface area contributed by atoms with E-state index < -0.39 is 0 Å². The van der Waals surface area contributed by atoms with E-state index in [-0.39, 0.29) is 0 Å². The van der Waals surface area contributed by atoms with E-state index in [1.165, 1.54) is 0 Å². The number of aromatic nitrogens is 1. The Balaban J connectivity index is 1.44. The zero-order chi connectivity index (χ0) is 19.6. The fourth-order valence-electron chi connectivity index (χ4n) is 3.54. The van der Waals surface area contributed by atoms with Crippen LogP contribution in [0, 0.1) is 0 Å². The van der Waals surface area contributed by atoms with Gasteiger partial charge in [-0.25, -0.2) is 4.98 Å². The van der Waals surface area contributed by atoms with Crippen LogP contribution in [0.2, 0.25) is 0 Å². The van der Waals surface area contributed by atoms with Crippen molar-refractivity contribution in [2.24, 2.45) is 5.16 Å². The minimum Gasteiger partial charge on any atom is -0.488 e. The minimum atomic E-state index is 0.340. The number of pyridine rings is 1. The molecule has 29 heavy (non-hydrogen) atoms. The molecule has 0 radical (unpaired) electrons. The predicted octanol–water partition coefficient (Wildman–Crippen LogP) is 4.93. The lowest BCUT2D eigenvalue weighted by molar-refractivity contribution is 0.295. The Morgan fingerprint density at radius 3 is 2.72 bits per heavy atom. The van der Waals surface area contributed by atoms with E-state index in [0.29, 0.717) is 36.0 Å². The largest absolute Gasteiger partial charge is 0.488 e. The summed E-state index contributed by atoms with van der Waals surface area (Å²) in [4.78, 5) is 4.64. The van der Waals surface area contributed by atoms with E-state index in [2.05, 4.69) is 10.1 Å². The maximum absolute atomic E-state index is 9.69. The molecule has 1 aliphatic rings. The van der Waals surface area contributed by atoms with E-state index >= 15 is 0 Å². The highest BCUT2D eigenvalue weighted by Gasteiger charge is 2.21. The van der Waals surface area contributed by atoms with Crippen LogP contribution in [0.3, 0.4) is 0 Å². The Morgan fingerprint density at radius 2 is 1.79 bits per heavy atom. The molecule has 142 valence electrons. The number of fused-ring (bicyclic) bond motifs is 3. The molecule has 1 N–H and O–H groups in total. The molecule has 1 aliphatic heterocycles.